The third-order valence-corrected chi connectivity index (χ3v) is 3.74. The molecule has 6 heteroatoms. The van der Waals surface area contributed by atoms with Crippen molar-refractivity contribution in [3.63, 3.8) is 0 Å². The number of carbonyl (C=O) groups excluding carboxylic acids is 1. The molecule has 1 aliphatic rings. The van der Waals surface area contributed by atoms with Gasteiger partial charge in [-0.15, -0.1) is 0 Å². The molecule has 5 nitrogen and oxygen atoms in total. The predicted molar refractivity (Wildman–Crippen MR) is 90.6 cm³/mol. The third-order valence-electron chi connectivity index (χ3n) is 3.74. The number of carbonyl (C=O) groups is 1. The molecule has 1 heterocycles. The van der Waals surface area contributed by atoms with Crippen molar-refractivity contribution in [1.29, 1.82) is 0 Å². The number of hydrogen-bond donors (Lipinski definition) is 1. The lowest BCUT2D eigenvalue weighted by Crippen LogP contribution is -2.20. The highest BCUT2D eigenvalue weighted by atomic mass is 19.1. The van der Waals surface area contributed by atoms with E-state index in [1.165, 1.54) is 24.3 Å². The van der Waals surface area contributed by atoms with Crippen LogP contribution in [0.4, 0.5) is 4.39 Å². The molecule has 0 unspecified atom stereocenters. The topological polar surface area (TPSA) is 56.8 Å². The number of halogens is 1. The van der Waals surface area contributed by atoms with E-state index in [0.717, 1.165) is 11.3 Å². The maximum atomic E-state index is 13.7. The summed E-state index contributed by atoms with van der Waals surface area (Å²) in [4.78, 5) is 12.0. The van der Waals surface area contributed by atoms with Crippen LogP contribution >= 0.6 is 0 Å². The molecule has 0 radical (unpaired) electrons. The summed E-state index contributed by atoms with van der Waals surface area (Å²) in [5, 5.41) is 2.78. The van der Waals surface area contributed by atoms with E-state index in [-0.39, 0.29) is 19.3 Å². The molecule has 1 aliphatic heterocycles. The third kappa shape index (κ3) is 4.36. The first-order valence-electron chi connectivity index (χ1n) is 7.77. The van der Waals surface area contributed by atoms with Gasteiger partial charge in [0.1, 0.15) is 17.3 Å². The Morgan fingerprint density at radius 1 is 1.32 bits per heavy atom. The average Bonchev–Trinajstić information content (AvgIpc) is 2.64. The van der Waals surface area contributed by atoms with Gasteiger partial charge in [-0.3, -0.25) is 4.79 Å². The molecule has 2 aromatic carbocycles. The van der Waals surface area contributed by atoms with Crippen LogP contribution in [-0.2, 0) is 22.7 Å². The summed E-state index contributed by atoms with van der Waals surface area (Å²) in [6.07, 6.45) is 2.90. The Morgan fingerprint density at radius 3 is 2.88 bits per heavy atom. The van der Waals surface area contributed by atoms with Gasteiger partial charge >= 0.3 is 0 Å². The van der Waals surface area contributed by atoms with Crippen LogP contribution in [0.15, 0.2) is 42.5 Å². The minimum atomic E-state index is -0.397. The Kier molecular flexibility index (Phi) is 5.30. The molecule has 2 aromatic rings. The summed E-state index contributed by atoms with van der Waals surface area (Å²) in [5.74, 6) is 0.633. The predicted octanol–water partition coefficient (Wildman–Crippen LogP) is 3.03. The normalized spacial score (nSPS) is 13.2. The fourth-order valence-electron chi connectivity index (χ4n) is 2.49. The molecule has 0 aliphatic carbocycles. The largest absolute Gasteiger partial charge is 0.497 e. The summed E-state index contributed by atoms with van der Waals surface area (Å²) in [6, 6.07) is 10.1. The van der Waals surface area contributed by atoms with Crippen molar-refractivity contribution in [3.8, 4) is 11.5 Å². The van der Waals surface area contributed by atoms with Crippen LogP contribution < -0.4 is 14.8 Å². The van der Waals surface area contributed by atoms with Gasteiger partial charge in [-0.2, -0.15) is 0 Å². The first kappa shape index (κ1) is 17.0. The minimum absolute atomic E-state index is 0.114. The second-order valence-electron chi connectivity index (χ2n) is 5.49. The molecule has 1 N–H and O–H groups in total. The molecule has 0 bridgehead atoms. The smallest absolute Gasteiger partial charge is 0.244 e. The van der Waals surface area contributed by atoms with Gasteiger partial charge in [0.05, 0.1) is 13.7 Å². The number of fused-ring (bicyclic) bond motifs is 1. The molecule has 3 rings (SSSR count). The van der Waals surface area contributed by atoms with Gasteiger partial charge in [-0.05, 0) is 35.9 Å². The van der Waals surface area contributed by atoms with Crippen molar-refractivity contribution in [3.05, 3.63) is 65.0 Å². The second kappa shape index (κ2) is 7.81. The van der Waals surface area contributed by atoms with E-state index in [1.54, 1.807) is 7.11 Å². The number of ether oxygens (including phenoxy) is 3. The summed E-state index contributed by atoms with van der Waals surface area (Å²) in [5.41, 5.74) is 2.09. The Labute approximate surface area is 145 Å². The van der Waals surface area contributed by atoms with Gasteiger partial charge < -0.3 is 19.5 Å². The zero-order chi connectivity index (χ0) is 17.6. The molecule has 0 atom stereocenters. The molecule has 0 spiro atoms. The number of amides is 1. The van der Waals surface area contributed by atoms with Gasteiger partial charge in [0.15, 0.2) is 6.79 Å². The first-order valence-corrected chi connectivity index (χ1v) is 7.77. The van der Waals surface area contributed by atoms with Crippen molar-refractivity contribution in [1.82, 2.24) is 5.32 Å². The van der Waals surface area contributed by atoms with Gasteiger partial charge in [-0.1, -0.05) is 12.1 Å². The molecular formula is C19H18FNO4. The first-order chi connectivity index (χ1) is 12.2. The van der Waals surface area contributed by atoms with E-state index in [9.17, 15) is 9.18 Å². The quantitative estimate of drug-likeness (QED) is 0.848. The van der Waals surface area contributed by atoms with Gasteiger partial charge in [-0.25, -0.2) is 4.39 Å². The number of rotatable bonds is 5. The number of hydrogen-bond acceptors (Lipinski definition) is 4. The molecule has 1 amide bonds. The van der Waals surface area contributed by atoms with Crippen molar-refractivity contribution < 1.29 is 23.4 Å². The van der Waals surface area contributed by atoms with Gasteiger partial charge in [0.2, 0.25) is 5.91 Å². The zero-order valence-electron chi connectivity index (χ0n) is 13.8. The molecule has 25 heavy (non-hydrogen) atoms. The minimum Gasteiger partial charge on any atom is -0.497 e. The highest BCUT2D eigenvalue weighted by Crippen LogP contribution is 2.30. The molecule has 0 aromatic heterocycles. The van der Waals surface area contributed by atoms with E-state index in [2.05, 4.69) is 5.32 Å². The summed E-state index contributed by atoms with van der Waals surface area (Å²) < 4.78 is 29.3. The maximum Gasteiger partial charge on any atom is 0.244 e. The molecule has 0 saturated heterocycles. The van der Waals surface area contributed by atoms with Gasteiger partial charge in [0, 0.05) is 23.7 Å². The number of methoxy groups -OCH3 is 1. The lowest BCUT2D eigenvalue weighted by molar-refractivity contribution is -0.116. The SMILES string of the molecule is COc1ccc(CNC(=O)/C=C/c2cc(F)cc3c2OCOC3)cc1. The highest BCUT2D eigenvalue weighted by Gasteiger charge is 2.15. The van der Waals surface area contributed by atoms with Crippen LogP contribution in [0.2, 0.25) is 0 Å². The molecule has 0 saturated carbocycles. The molecular weight excluding hydrogens is 325 g/mol. The van der Waals surface area contributed by atoms with Crippen LogP contribution in [0.25, 0.3) is 6.08 Å². The molecule has 0 fully saturated rings. The maximum absolute atomic E-state index is 13.7. The highest BCUT2D eigenvalue weighted by molar-refractivity contribution is 5.92. The van der Waals surface area contributed by atoms with Crippen molar-refractivity contribution in [2.45, 2.75) is 13.2 Å². The average molecular weight is 343 g/mol. The Balaban J connectivity index is 1.63. The van der Waals surface area contributed by atoms with Crippen LogP contribution in [-0.4, -0.2) is 19.8 Å². The standard InChI is InChI=1S/C19H18FNO4/c1-23-17-5-2-13(3-6-17)10-21-18(22)7-4-14-8-16(20)9-15-11-24-12-25-19(14)15/h2-9H,10-12H2,1H3,(H,21,22)/b7-4+. The van der Waals surface area contributed by atoms with Gasteiger partial charge in [0.25, 0.3) is 0 Å². The summed E-state index contributed by atoms with van der Waals surface area (Å²) >= 11 is 0. The van der Waals surface area contributed by atoms with Crippen LogP contribution in [0.5, 0.6) is 11.5 Å². The van der Waals surface area contributed by atoms with Crippen molar-refractivity contribution in [2.24, 2.45) is 0 Å². The monoisotopic (exact) mass is 343 g/mol. The van der Waals surface area contributed by atoms with Crippen LogP contribution in [0.3, 0.4) is 0 Å². The van der Waals surface area contributed by atoms with Crippen LogP contribution in [0, 0.1) is 5.82 Å². The number of benzene rings is 2. The van der Waals surface area contributed by atoms with E-state index in [1.807, 2.05) is 24.3 Å². The lowest BCUT2D eigenvalue weighted by atomic mass is 10.1. The lowest BCUT2D eigenvalue weighted by Gasteiger charge is -2.19. The second-order valence-corrected chi connectivity index (χ2v) is 5.49. The van der Waals surface area contributed by atoms with Crippen molar-refractivity contribution >= 4 is 12.0 Å². The van der Waals surface area contributed by atoms with E-state index >= 15 is 0 Å². The fourth-order valence-corrected chi connectivity index (χ4v) is 2.49. The summed E-state index contributed by atoms with van der Waals surface area (Å²) in [6.45, 7) is 0.791. The Bertz CT molecular complexity index is 787. The molecule has 130 valence electrons. The fraction of sp³-hybridized carbons (Fsp3) is 0.211. The van der Waals surface area contributed by atoms with Crippen LogP contribution in [0.1, 0.15) is 16.7 Å². The zero-order valence-corrected chi connectivity index (χ0v) is 13.8. The van der Waals surface area contributed by atoms with Crippen molar-refractivity contribution in [2.75, 3.05) is 13.9 Å². The Morgan fingerprint density at radius 2 is 2.12 bits per heavy atom. The van der Waals surface area contributed by atoms with E-state index < -0.39 is 5.82 Å². The van der Waals surface area contributed by atoms with E-state index in [0.29, 0.717) is 23.4 Å². The Hall–Kier alpha value is -2.86. The van der Waals surface area contributed by atoms with E-state index in [4.69, 9.17) is 14.2 Å². The number of nitrogens with one attached hydrogen (secondary N) is 1. The summed E-state index contributed by atoms with van der Waals surface area (Å²) in [7, 11) is 1.60.